The Morgan fingerprint density at radius 3 is 2.50 bits per heavy atom. The van der Waals surface area contributed by atoms with Gasteiger partial charge in [-0.15, -0.1) is 0 Å². The molecule has 0 aliphatic carbocycles. The van der Waals surface area contributed by atoms with Crippen molar-refractivity contribution in [2.45, 2.75) is 19.4 Å². The highest BCUT2D eigenvalue weighted by Gasteiger charge is 2.24. The van der Waals surface area contributed by atoms with E-state index in [4.69, 9.17) is 0 Å². The van der Waals surface area contributed by atoms with Crippen LogP contribution in [0, 0.1) is 5.82 Å². The second-order valence-electron chi connectivity index (χ2n) is 6.55. The average molecular weight is 405 g/mol. The molecule has 2 N–H and O–H groups in total. The topological polar surface area (TPSA) is 95.6 Å². The van der Waals surface area contributed by atoms with Gasteiger partial charge in [-0.2, -0.15) is 0 Å². The summed E-state index contributed by atoms with van der Waals surface area (Å²) >= 11 is 0. The first-order chi connectivity index (χ1) is 13.2. The van der Waals surface area contributed by atoms with Crippen molar-refractivity contribution in [2.24, 2.45) is 0 Å². The number of amides is 2. The number of carbonyl (C=O) groups is 2. The van der Waals surface area contributed by atoms with Crippen molar-refractivity contribution in [1.29, 1.82) is 0 Å². The molecule has 2 aromatic carbocycles. The van der Waals surface area contributed by atoms with Gasteiger partial charge in [0.05, 0.1) is 11.9 Å². The van der Waals surface area contributed by atoms with Crippen LogP contribution in [0.3, 0.4) is 0 Å². The van der Waals surface area contributed by atoms with Crippen molar-refractivity contribution in [3.8, 4) is 0 Å². The number of anilines is 2. The fraction of sp³-hybridized carbons (Fsp3) is 0.263. The maximum absolute atomic E-state index is 12.9. The minimum absolute atomic E-state index is 0.0973. The summed E-state index contributed by atoms with van der Waals surface area (Å²) in [7, 11) is -3.37. The van der Waals surface area contributed by atoms with Crippen LogP contribution >= 0.6 is 0 Å². The SMILES string of the molecule is CS(=O)(=O)N1CCCc2cc(NC(=O)C(=O)NCc3ccc(F)cc3)ccc21. The summed E-state index contributed by atoms with van der Waals surface area (Å²) in [6.45, 7) is 0.517. The normalized spacial score (nSPS) is 13.6. The van der Waals surface area contributed by atoms with Gasteiger partial charge in [-0.05, 0) is 54.3 Å². The summed E-state index contributed by atoms with van der Waals surface area (Å²) in [6, 6.07) is 10.4. The highest BCUT2D eigenvalue weighted by molar-refractivity contribution is 7.92. The van der Waals surface area contributed by atoms with Crippen molar-refractivity contribution in [3.05, 3.63) is 59.4 Å². The Kier molecular flexibility index (Phi) is 5.64. The number of nitrogens with one attached hydrogen (secondary N) is 2. The van der Waals surface area contributed by atoms with Gasteiger partial charge in [0.25, 0.3) is 0 Å². The van der Waals surface area contributed by atoms with E-state index in [1.165, 1.54) is 28.6 Å². The smallest absolute Gasteiger partial charge is 0.313 e. The lowest BCUT2D eigenvalue weighted by Gasteiger charge is -2.29. The molecule has 148 valence electrons. The van der Waals surface area contributed by atoms with Crippen molar-refractivity contribution >= 4 is 33.2 Å². The van der Waals surface area contributed by atoms with Crippen molar-refractivity contribution in [2.75, 3.05) is 22.4 Å². The van der Waals surface area contributed by atoms with E-state index >= 15 is 0 Å². The third-order valence-corrected chi connectivity index (χ3v) is 5.57. The number of hydrogen-bond donors (Lipinski definition) is 2. The van der Waals surface area contributed by atoms with Gasteiger partial charge in [0.2, 0.25) is 10.0 Å². The summed E-state index contributed by atoms with van der Waals surface area (Å²) in [4.78, 5) is 24.1. The third-order valence-electron chi connectivity index (χ3n) is 4.39. The largest absolute Gasteiger partial charge is 0.344 e. The van der Waals surface area contributed by atoms with E-state index in [1.807, 2.05) is 0 Å². The number of carbonyl (C=O) groups excluding carboxylic acids is 2. The molecule has 0 saturated heterocycles. The number of hydrogen-bond acceptors (Lipinski definition) is 4. The van der Waals surface area contributed by atoms with Gasteiger partial charge < -0.3 is 10.6 Å². The van der Waals surface area contributed by atoms with Crippen LogP contribution in [-0.2, 0) is 32.6 Å². The standard InChI is InChI=1S/C19H20FN3O4S/c1-28(26,27)23-10-2-3-14-11-16(8-9-17(14)23)22-19(25)18(24)21-12-13-4-6-15(20)7-5-13/h4-9,11H,2-3,10,12H2,1H3,(H,21,24)(H,22,25). The van der Waals surface area contributed by atoms with Gasteiger partial charge in [0.15, 0.2) is 0 Å². The monoisotopic (exact) mass is 405 g/mol. The van der Waals surface area contributed by atoms with Gasteiger partial charge in [-0.25, -0.2) is 12.8 Å². The first-order valence-electron chi connectivity index (χ1n) is 8.68. The maximum atomic E-state index is 12.9. The van der Waals surface area contributed by atoms with Crippen LogP contribution in [0.4, 0.5) is 15.8 Å². The van der Waals surface area contributed by atoms with Crippen molar-refractivity contribution < 1.29 is 22.4 Å². The lowest BCUT2D eigenvalue weighted by atomic mass is 10.0. The number of fused-ring (bicyclic) bond motifs is 1. The number of aryl methyl sites for hydroxylation is 1. The van der Waals surface area contributed by atoms with Gasteiger partial charge in [-0.1, -0.05) is 12.1 Å². The molecule has 0 atom stereocenters. The Labute approximate surface area is 162 Å². The Morgan fingerprint density at radius 1 is 1.11 bits per heavy atom. The second-order valence-corrected chi connectivity index (χ2v) is 8.45. The molecule has 0 aromatic heterocycles. The van der Waals surface area contributed by atoms with E-state index in [9.17, 15) is 22.4 Å². The Hall–Kier alpha value is -2.94. The Morgan fingerprint density at radius 2 is 1.82 bits per heavy atom. The van der Waals surface area contributed by atoms with Crippen LogP contribution in [0.5, 0.6) is 0 Å². The molecular weight excluding hydrogens is 385 g/mol. The Balaban J connectivity index is 1.64. The number of rotatable bonds is 4. The minimum Gasteiger partial charge on any atom is -0.344 e. The molecule has 2 amide bonds. The molecule has 1 aliphatic rings. The molecule has 2 aromatic rings. The first kappa shape index (κ1) is 19.8. The molecule has 0 spiro atoms. The molecular formula is C19H20FN3O4S. The zero-order valence-corrected chi connectivity index (χ0v) is 16.1. The summed E-state index contributed by atoms with van der Waals surface area (Å²) in [6.07, 6.45) is 2.51. The molecule has 0 bridgehead atoms. The minimum atomic E-state index is -3.37. The molecule has 9 heteroatoms. The van der Waals surface area contributed by atoms with Crippen LogP contribution in [0.1, 0.15) is 17.5 Å². The number of halogens is 1. The highest BCUT2D eigenvalue weighted by Crippen LogP contribution is 2.31. The van der Waals surface area contributed by atoms with Crippen LogP contribution in [0.25, 0.3) is 0 Å². The van der Waals surface area contributed by atoms with E-state index in [0.29, 0.717) is 36.3 Å². The fourth-order valence-electron chi connectivity index (χ4n) is 3.04. The summed E-state index contributed by atoms with van der Waals surface area (Å²) in [5.41, 5.74) is 2.46. The van der Waals surface area contributed by atoms with Gasteiger partial charge in [0.1, 0.15) is 5.82 Å². The lowest BCUT2D eigenvalue weighted by molar-refractivity contribution is -0.136. The van der Waals surface area contributed by atoms with E-state index < -0.39 is 21.8 Å². The van der Waals surface area contributed by atoms with Crippen LogP contribution in [0.15, 0.2) is 42.5 Å². The first-order valence-corrected chi connectivity index (χ1v) is 10.5. The molecule has 28 heavy (non-hydrogen) atoms. The fourth-order valence-corrected chi connectivity index (χ4v) is 4.03. The zero-order chi connectivity index (χ0) is 20.3. The van der Waals surface area contributed by atoms with Crippen LogP contribution < -0.4 is 14.9 Å². The molecule has 7 nitrogen and oxygen atoms in total. The average Bonchev–Trinajstić information content (AvgIpc) is 2.65. The number of sulfonamides is 1. The predicted molar refractivity (Wildman–Crippen MR) is 104 cm³/mol. The molecule has 0 saturated carbocycles. The van der Waals surface area contributed by atoms with Crippen LogP contribution in [-0.4, -0.2) is 33.0 Å². The molecule has 1 heterocycles. The number of benzene rings is 2. The molecule has 0 radical (unpaired) electrons. The van der Waals surface area contributed by atoms with Crippen molar-refractivity contribution in [1.82, 2.24) is 5.32 Å². The summed E-state index contributed by atoms with van der Waals surface area (Å²) in [5.74, 6) is -2.03. The zero-order valence-electron chi connectivity index (χ0n) is 15.2. The van der Waals surface area contributed by atoms with Crippen LogP contribution in [0.2, 0.25) is 0 Å². The molecule has 0 fully saturated rings. The summed E-state index contributed by atoms with van der Waals surface area (Å²) < 4.78 is 38.0. The van der Waals surface area contributed by atoms with E-state index in [2.05, 4.69) is 10.6 Å². The second kappa shape index (κ2) is 7.97. The number of nitrogens with zero attached hydrogens (tertiary/aromatic N) is 1. The molecule has 3 rings (SSSR count). The van der Waals surface area contributed by atoms with Gasteiger partial charge in [-0.3, -0.25) is 13.9 Å². The highest BCUT2D eigenvalue weighted by atomic mass is 32.2. The predicted octanol–water partition coefficient (Wildman–Crippen LogP) is 1.79. The Bertz CT molecular complexity index is 1010. The third kappa shape index (κ3) is 4.66. The van der Waals surface area contributed by atoms with Crippen molar-refractivity contribution in [3.63, 3.8) is 0 Å². The maximum Gasteiger partial charge on any atom is 0.313 e. The summed E-state index contributed by atoms with van der Waals surface area (Å²) in [5, 5.41) is 4.98. The van der Waals surface area contributed by atoms with Gasteiger partial charge in [0, 0.05) is 18.8 Å². The van der Waals surface area contributed by atoms with Gasteiger partial charge >= 0.3 is 11.8 Å². The van der Waals surface area contributed by atoms with E-state index in [0.717, 1.165) is 11.8 Å². The quantitative estimate of drug-likeness (QED) is 0.758. The van der Waals surface area contributed by atoms with E-state index in [-0.39, 0.29) is 12.4 Å². The molecule has 1 aliphatic heterocycles. The lowest BCUT2D eigenvalue weighted by Crippen LogP contribution is -2.35. The van der Waals surface area contributed by atoms with E-state index in [1.54, 1.807) is 18.2 Å². The molecule has 0 unspecified atom stereocenters.